The number of sulfone groups is 1. The molecule has 0 unspecified atom stereocenters. The number of fused-ring (bicyclic) bond motifs is 2. The van der Waals surface area contributed by atoms with Crippen LogP contribution in [0.4, 0.5) is 0 Å². The lowest BCUT2D eigenvalue weighted by Crippen LogP contribution is -2.35. The van der Waals surface area contributed by atoms with Gasteiger partial charge in [-0.05, 0) is 74.4 Å². The maximum atomic E-state index is 11.4. The molecule has 3 aromatic heterocycles. The average molecular weight is 467 g/mol. The third-order valence-corrected chi connectivity index (χ3v) is 7.77. The van der Waals surface area contributed by atoms with Gasteiger partial charge in [-0.2, -0.15) is 10.2 Å². The maximum Gasteiger partial charge on any atom is 0.158 e. The lowest BCUT2D eigenvalue weighted by Gasteiger charge is -2.28. The molecule has 3 heterocycles. The van der Waals surface area contributed by atoms with Crippen molar-refractivity contribution in [3.63, 3.8) is 0 Å². The molecule has 1 aromatic carbocycles. The number of aromatic amines is 1. The third-order valence-electron chi connectivity index (χ3n) is 6.83. The maximum absolute atomic E-state index is 11.4. The van der Waals surface area contributed by atoms with E-state index in [1.165, 1.54) is 17.2 Å². The zero-order valence-corrected chi connectivity index (χ0v) is 20.1. The van der Waals surface area contributed by atoms with Gasteiger partial charge in [-0.3, -0.25) is 5.10 Å². The zero-order valence-electron chi connectivity index (χ0n) is 19.3. The van der Waals surface area contributed by atoms with Gasteiger partial charge in [0, 0.05) is 41.9 Å². The summed E-state index contributed by atoms with van der Waals surface area (Å²) in [5.41, 5.74) is 7.66. The summed E-state index contributed by atoms with van der Waals surface area (Å²) in [6.45, 7) is 4.73. The standard InChI is InChI=1S/C24H30N6O2S/c1-15-11-21-22(12-20(15)18-10-16(2)24-26-14-27-30(24)13-18)28-29-23(21)17-4-6-19(7-5-17)25-8-9-33(3,31)32/h10-14,17,19,25H,4-9H2,1-3H3,(H,28,29). The van der Waals surface area contributed by atoms with E-state index < -0.39 is 9.84 Å². The molecule has 0 radical (unpaired) electrons. The van der Waals surface area contributed by atoms with Crippen LogP contribution in [0.2, 0.25) is 0 Å². The van der Waals surface area contributed by atoms with Crippen molar-refractivity contribution in [2.75, 3.05) is 18.6 Å². The molecule has 1 saturated carbocycles. The van der Waals surface area contributed by atoms with Gasteiger partial charge < -0.3 is 5.32 Å². The van der Waals surface area contributed by atoms with Gasteiger partial charge >= 0.3 is 0 Å². The first-order chi connectivity index (χ1) is 15.8. The Kier molecular flexibility index (Phi) is 5.70. The lowest BCUT2D eigenvalue weighted by atomic mass is 9.83. The molecule has 0 atom stereocenters. The van der Waals surface area contributed by atoms with E-state index in [1.54, 1.807) is 6.33 Å². The van der Waals surface area contributed by atoms with Crippen molar-refractivity contribution in [2.24, 2.45) is 0 Å². The predicted octanol–water partition coefficient (Wildman–Crippen LogP) is 3.55. The molecule has 8 nitrogen and oxygen atoms in total. The van der Waals surface area contributed by atoms with Gasteiger partial charge in [-0.1, -0.05) is 0 Å². The van der Waals surface area contributed by atoms with Crippen LogP contribution in [0.25, 0.3) is 27.7 Å². The summed E-state index contributed by atoms with van der Waals surface area (Å²) in [5, 5.41) is 16.9. The molecule has 1 aliphatic carbocycles. The summed E-state index contributed by atoms with van der Waals surface area (Å²) < 4.78 is 24.5. The van der Waals surface area contributed by atoms with Crippen molar-refractivity contribution >= 4 is 26.4 Å². The van der Waals surface area contributed by atoms with Crippen molar-refractivity contribution in [3.8, 4) is 11.1 Å². The second-order valence-corrected chi connectivity index (χ2v) is 11.7. The highest BCUT2D eigenvalue weighted by atomic mass is 32.2. The molecular weight excluding hydrogens is 436 g/mol. The normalized spacial score (nSPS) is 19.5. The second-order valence-electron chi connectivity index (χ2n) is 9.39. The van der Waals surface area contributed by atoms with Crippen LogP contribution < -0.4 is 5.32 Å². The molecule has 0 saturated heterocycles. The number of aryl methyl sites for hydroxylation is 2. The highest BCUT2D eigenvalue weighted by Crippen LogP contribution is 2.37. The minimum absolute atomic E-state index is 0.196. The fraction of sp³-hybridized carbons (Fsp3) is 0.458. The molecule has 2 N–H and O–H groups in total. The van der Waals surface area contributed by atoms with Gasteiger partial charge in [-0.15, -0.1) is 0 Å². The van der Waals surface area contributed by atoms with E-state index in [1.807, 2.05) is 10.7 Å². The van der Waals surface area contributed by atoms with E-state index in [9.17, 15) is 8.42 Å². The van der Waals surface area contributed by atoms with Crippen LogP contribution in [-0.2, 0) is 9.84 Å². The molecule has 1 fully saturated rings. The number of rotatable bonds is 6. The summed E-state index contributed by atoms with van der Waals surface area (Å²) in [7, 11) is -2.92. The van der Waals surface area contributed by atoms with Crippen molar-refractivity contribution in [1.29, 1.82) is 0 Å². The summed E-state index contributed by atoms with van der Waals surface area (Å²) in [6.07, 6.45) is 9.08. The fourth-order valence-electron chi connectivity index (χ4n) is 5.08. The molecule has 4 aromatic rings. The van der Waals surface area contributed by atoms with Gasteiger partial charge in [0.25, 0.3) is 0 Å². The Morgan fingerprint density at radius 1 is 1.12 bits per heavy atom. The van der Waals surface area contributed by atoms with Crippen LogP contribution in [0.3, 0.4) is 0 Å². The van der Waals surface area contributed by atoms with Gasteiger partial charge in [0.1, 0.15) is 16.2 Å². The van der Waals surface area contributed by atoms with E-state index in [0.29, 0.717) is 18.5 Å². The number of H-pyrrole nitrogens is 1. The highest BCUT2D eigenvalue weighted by molar-refractivity contribution is 7.90. The number of hydrogen-bond donors (Lipinski definition) is 2. The SMILES string of the molecule is Cc1cc2c(C3CCC(NCCS(C)(=O)=O)CC3)n[nH]c2cc1-c1cc(C)c2ncnn2c1. The van der Waals surface area contributed by atoms with Crippen LogP contribution in [0.15, 0.2) is 30.7 Å². The van der Waals surface area contributed by atoms with Crippen molar-refractivity contribution in [3.05, 3.63) is 47.5 Å². The van der Waals surface area contributed by atoms with Crippen LogP contribution in [0, 0.1) is 13.8 Å². The van der Waals surface area contributed by atoms with E-state index in [4.69, 9.17) is 5.10 Å². The first-order valence-corrected chi connectivity index (χ1v) is 13.5. The Morgan fingerprint density at radius 2 is 1.91 bits per heavy atom. The predicted molar refractivity (Wildman–Crippen MR) is 130 cm³/mol. The number of hydrogen-bond acceptors (Lipinski definition) is 6. The smallest absolute Gasteiger partial charge is 0.158 e. The van der Waals surface area contributed by atoms with Gasteiger partial charge in [0.15, 0.2) is 5.65 Å². The largest absolute Gasteiger partial charge is 0.313 e. The molecule has 0 bridgehead atoms. The third kappa shape index (κ3) is 4.52. The molecule has 0 spiro atoms. The molecular formula is C24H30N6O2S. The average Bonchev–Trinajstić information content (AvgIpc) is 3.40. The Hall–Kier alpha value is -2.78. The van der Waals surface area contributed by atoms with E-state index >= 15 is 0 Å². The van der Waals surface area contributed by atoms with Crippen LogP contribution >= 0.6 is 0 Å². The number of aromatic nitrogens is 5. The molecule has 9 heteroatoms. The van der Waals surface area contributed by atoms with E-state index in [-0.39, 0.29) is 5.75 Å². The van der Waals surface area contributed by atoms with Crippen LogP contribution in [0.5, 0.6) is 0 Å². The number of pyridine rings is 1. The second kappa shape index (κ2) is 8.53. The zero-order chi connectivity index (χ0) is 23.2. The Morgan fingerprint density at radius 3 is 2.67 bits per heavy atom. The van der Waals surface area contributed by atoms with Gasteiger partial charge in [-0.25, -0.2) is 17.9 Å². The number of nitrogens with one attached hydrogen (secondary N) is 2. The minimum atomic E-state index is -2.92. The Labute approximate surface area is 193 Å². The van der Waals surface area contributed by atoms with Gasteiger partial charge in [0.05, 0.1) is 17.0 Å². The molecule has 174 valence electrons. The molecule has 1 aliphatic rings. The van der Waals surface area contributed by atoms with Crippen molar-refractivity contribution < 1.29 is 8.42 Å². The number of benzene rings is 1. The monoisotopic (exact) mass is 466 g/mol. The quantitative estimate of drug-likeness (QED) is 0.450. The fourth-order valence-corrected chi connectivity index (χ4v) is 5.56. The molecule has 5 rings (SSSR count). The van der Waals surface area contributed by atoms with Crippen LogP contribution in [-0.4, -0.2) is 57.8 Å². The summed E-state index contributed by atoms with van der Waals surface area (Å²) in [4.78, 5) is 4.32. The summed E-state index contributed by atoms with van der Waals surface area (Å²) >= 11 is 0. The van der Waals surface area contributed by atoms with E-state index in [0.717, 1.165) is 59.2 Å². The molecule has 33 heavy (non-hydrogen) atoms. The topological polar surface area (TPSA) is 105 Å². The summed E-state index contributed by atoms with van der Waals surface area (Å²) in [6, 6.07) is 6.99. The lowest BCUT2D eigenvalue weighted by molar-refractivity contribution is 0.345. The Bertz CT molecular complexity index is 1410. The first-order valence-electron chi connectivity index (χ1n) is 11.5. The molecule has 0 aliphatic heterocycles. The minimum Gasteiger partial charge on any atom is -0.313 e. The Balaban J connectivity index is 1.34. The first kappa shape index (κ1) is 22.0. The van der Waals surface area contributed by atoms with Crippen LogP contribution in [0.1, 0.15) is 48.4 Å². The number of nitrogens with zero attached hydrogens (tertiary/aromatic N) is 4. The van der Waals surface area contributed by atoms with E-state index in [2.05, 4.69) is 52.5 Å². The van der Waals surface area contributed by atoms with Crippen molar-refractivity contribution in [2.45, 2.75) is 51.5 Å². The summed E-state index contributed by atoms with van der Waals surface area (Å²) in [5.74, 6) is 0.618. The highest BCUT2D eigenvalue weighted by Gasteiger charge is 2.26. The molecule has 0 amide bonds. The van der Waals surface area contributed by atoms with Gasteiger partial charge in [0.2, 0.25) is 0 Å². The van der Waals surface area contributed by atoms with Crippen molar-refractivity contribution in [1.82, 2.24) is 30.1 Å².